The second-order valence-corrected chi connectivity index (χ2v) is 3.91. The molecule has 0 radical (unpaired) electrons. The monoisotopic (exact) mass is 247 g/mol. The fraction of sp³-hybridized carbons (Fsp3) is 0.182. The summed E-state index contributed by atoms with van der Waals surface area (Å²) in [4.78, 5) is 10.3. The van der Waals surface area contributed by atoms with Gasteiger partial charge in [0.15, 0.2) is 0 Å². The van der Waals surface area contributed by atoms with E-state index in [1.165, 1.54) is 6.07 Å². The molecule has 1 aromatic heterocycles. The fourth-order valence-corrected chi connectivity index (χ4v) is 1.69. The molecular formula is C11H13N5O2. The molecule has 1 heterocycles. The van der Waals surface area contributed by atoms with E-state index in [0.29, 0.717) is 12.2 Å². The zero-order valence-electron chi connectivity index (χ0n) is 9.83. The number of benzene rings is 1. The van der Waals surface area contributed by atoms with Crippen molar-refractivity contribution in [3.63, 3.8) is 0 Å². The fourth-order valence-electron chi connectivity index (χ4n) is 1.69. The van der Waals surface area contributed by atoms with Gasteiger partial charge in [-0.05, 0) is 24.6 Å². The highest BCUT2D eigenvalue weighted by atomic mass is 16.6. The molecular weight excluding hydrogens is 234 g/mol. The maximum Gasteiger partial charge on any atom is 0.293 e. The van der Waals surface area contributed by atoms with E-state index < -0.39 is 4.92 Å². The molecule has 0 aliphatic heterocycles. The number of nitro benzene ring substituents is 1. The van der Waals surface area contributed by atoms with Crippen molar-refractivity contribution >= 4 is 11.4 Å². The maximum atomic E-state index is 10.7. The molecule has 0 amide bonds. The van der Waals surface area contributed by atoms with Crippen molar-refractivity contribution in [2.24, 2.45) is 5.84 Å². The Morgan fingerprint density at radius 1 is 1.50 bits per heavy atom. The Labute approximate surface area is 103 Å². The standard InChI is InChI=1S/C11H13N5O2/c1-8-4-5-15(14-8)7-9-2-3-11(16(17)18)10(6-9)13-12/h2-6,13H,7,12H2,1H3. The van der Waals surface area contributed by atoms with Crippen LogP contribution in [0.5, 0.6) is 0 Å². The third kappa shape index (κ3) is 2.46. The molecule has 3 N–H and O–H groups in total. The lowest BCUT2D eigenvalue weighted by Gasteiger charge is -2.06. The summed E-state index contributed by atoms with van der Waals surface area (Å²) < 4.78 is 1.76. The van der Waals surface area contributed by atoms with Crippen molar-refractivity contribution < 1.29 is 4.92 Å². The quantitative estimate of drug-likeness (QED) is 0.483. The lowest BCUT2D eigenvalue weighted by atomic mass is 10.1. The number of nitrogens with zero attached hydrogens (tertiary/aromatic N) is 3. The zero-order valence-corrected chi connectivity index (χ0v) is 9.83. The highest BCUT2D eigenvalue weighted by Gasteiger charge is 2.13. The minimum Gasteiger partial charge on any atom is -0.318 e. The van der Waals surface area contributed by atoms with E-state index in [0.717, 1.165) is 11.3 Å². The van der Waals surface area contributed by atoms with Gasteiger partial charge in [-0.2, -0.15) is 5.10 Å². The number of nitrogen functional groups attached to an aromatic ring is 1. The normalized spacial score (nSPS) is 10.3. The van der Waals surface area contributed by atoms with Crippen LogP contribution in [0.15, 0.2) is 30.5 Å². The Kier molecular flexibility index (Phi) is 3.24. The number of aryl methyl sites for hydroxylation is 1. The van der Waals surface area contributed by atoms with E-state index in [1.807, 2.05) is 19.2 Å². The molecule has 0 saturated heterocycles. The number of hydrogen-bond acceptors (Lipinski definition) is 5. The molecule has 0 aliphatic rings. The van der Waals surface area contributed by atoms with Crippen LogP contribution in [0.25, 0.3) is 0 Å². The smallest absolute Gasteiger partial charge is 0.293 e. The van der Waals surface area contributed by atoms with Crippen molar-refractivity contribution in [2.45, 2.75) is 13.5 Å². The first-order valence-corrected chi connectivity index (χ1v) is 5.34. The van der Waals surface area contributed by atoms with Gasteiger partial charge in [-0.15, -0.1) is 0 Å². The lowest BCUT2D eigenvalue weighted by molar-refractivity contribution is -0.384. The van der Waals surface area contributed by atoms with E-state index >= 15 is 0 Å². The zero-order chi connectivity index (χ0) is 13.1. The predicted molar refractivity (Wildman–Crippen MR) is 67.0 cm³/mol. The molecule has 1 aromatic carbocycles. The number of rotatable bonds is 4. The molecule has 0 saturated carbocycles. The molecule has 2 aromatic rings. The molecule has 0 bridgehead atoms. The van der Waals surface area contributed by atoms with Crippen molar-refractivity contribution in [1.82, 2.24) is 9.78 Å². The summed E-state index contributed by atoms with van der Waals surface area (Å²) in [6.45, 7) is 2.44. The summed E-state index contributed by atoms with van der Waals surface area (Å²) >= 11 is 0. The van der Waals surface area contributed by atoms with E-state index in [2.05, 4.69) is 10.5 Å². The molecule has 0 aliphatic carbocycles. The van der Waals surface area contributed by atoms with Gasteiger partial charge in [0.1, 0.15) is 5.69 Å². The molecule has 94 valence electrons. The van der Waals surface area contributed by atoms with Crippen molar-refractivity contribution in [3.8, 4) is 0 Å². The Balaban J connectivity index is 2.27. The second kappa shape index (κ2) is 4.84. The van der Waals surface area contributed by atoms with Gasteiger partial charge in [0.25, 0.3) is 5.69 Å². The van der Waals surface area contributed by atoms with Gasteiger partial charge in [0.05, 0.1) is 17.2 Å². The van der Waals surface area contributed by atoms with Gasteiger partial charge in [-0.3, -0.25) is 20.6 Å². The number of nitro groups is 1. The molecule has 7 nitrogen and oxygen atoms in total. The largest absolute Gasteiger partial charge is 0.318 e. The second-order valence-electron chi connectivity index (χ2n) is 3.91. The van der Waals surface area contributed by atoms with Crippen LogP contribution in [0.2, 0.25) is 0 Å². The highest BCUT2D eigenvalue weighted by molar-refractivity contribution is 5.62. The van der Waals surface area contributed by atoms with Crippen LogP contribution in [0.4, 0.5) is 11.4 Å². The lowest BCUT2D eigenvalue weighted by Crippen LogP contribution is -2.10. The first kappa shape index (κ1) is 12.1. The molecule has 7 heteroatoms. The summed E-state index contributed by atoms with van der Waals surface area (Å²) in [5.41, 5.74) is 4.40. The van der Waals surface area contributed by atoms with Crippen molar-refractivity contribution in [2.75, 3.05) is 5.43 Å². The third-order valence-electron chi connectivity index (χ3n) is 2.53. The van der Waals surface area contributed by atoms with E-state index in [4.69, 9.17) is 5.84 Å². The van der Waals surface area contributed by atoms with Gasteiger partial charge < -0.3 is 5.43 Å². The number of aromatic nitrogens is 2. The van der Waals surface area contributed by atoms with Crippen LogP contribution < -0.4 is 11.3 Å². The average molecular weight is 247 g/mol. The maximum absolute atomic E-state index is 10.7. The molecule has 18 heavy (non-hydrogen) atoms. The molecule has 0 spiro atoms. The van der Waals surface area contributed by atoms with Gasteiger partial charge in [0.2, 0.25) is 0 Å². The van der Waals surface area contributed by atoms with E-state index in [1.54, 1.807) is 16.8 Å². The van der Waals surface area contributed by atoms with Crippen LogP contribution >= 0.6 is 0 Å². The average Bonchev–Trinajstić information content (AvgIpc) is 2.74. The predicted octanol–water partition coefficient (Wildman–Crippen LogP) is 1.43. The summed E-state index contributed by atoms with van der Waals surface area (Å²) in [5, 5.41) is 15.0. The van der Waals surface area contributed by atoms with Crippen LogP contribution in [-0.2, 0) is 6.54 Å². The van der Waals surface area contributed by atoms with Gasteiger partial charge in [0, 0.05) is 12.3 Å². The Morgan fingerprint density at radius 2 is 2.28 bits per heavy atom. The van der Waals surface area contributed by atoms with Crippen LogP contribution in [0.3, 0.4) is 0 Å². The Bertz CT molecular complexity index is 579. The first-order valence-electron chi connectivity index (χ1n) is 5.34. The minimum atomic E-state index is -0.475. The number of nitrogens with two attached hydrogens (primary N) is 1. The van der Waals surface area contributed by atoms with E-state index in [-0.39, 0.29) is 5.69 Å². The van der Waals surface area contributed by atoms with Crippen molar-refractivity contribution in [1.29, 1.82) is 0 Å². The summed E-state index contributed by atoms with van der Waals surface area (Å²) in [7, 11) is 0. The Morgan fingerprint density at radius 3 is 2.83 bits per heavy atom. The Hall–Kier alpha value is -2.41. The van der Waals surface area contributed by atoms with Gasteiger partial charge in [-0.1, -0.05) is 6.07 Å². The minimum absolute atomic E-state index is 0.0436. The van der Waals surface area contributed by atoms with E-state index in [9.17, 15) is 10.1 Å². The molecule has 0 unspecified atom stereocenters. The van der Waals surface area contributed by atoms with Gasteiger partial charge in [-0.25, -0.2) is 0 Å². The highest BCUT2D eigenvalue weighted by Crippen LogP contribution is 2.24. The third-order valence-corrected chi connectivity index (χ3v) is 2.53. The van der Waals surface area contributed by atoms with Crippen LogP contribution in [-0.4, -0.2) is 14.7 Å². The SMILES string of the molecule is Cc1ccn(Cc2ccc([N+](=O)[O-])c(NN)c2)n1. The van der Waals surface area contributed by atoms with Crippen LogP contribution in [0.1, 0.15) is 11.3 Å². The summed E-state index contributed by atoms with van der Waals surface area (Å²) in [5.74, 6) is 5.28. The number of hydrazine groups is 1. The number of nitrogens with one attached hydrogen (secondary N) is 1. The first-order chi connectivity index (χ1) is 8.60. The molecule has 2 rings (SSSR count). The molecule has 0 atom stereocenters. The van der Waals surface area contributed by atoms with Crippen LogP contribution in [0, 0.1) is 17.0 Å². The van der Waals surface area contributed by atoms with Gasteiger partial charge >= 0.3 is 0 Å². The summed E-state index contributed by atoms with van der Waals surface area (Å²) in [6.07, 6.45) is 1.85. The topological polar surface area (TPSA) is 99.0 Å². The van der Waals surface area contributed by atoms with Crippen molar-refractivity contribution in [3.05, 3.63) is 51.8 Å². The number of hydrogen-bond donors (Lipinski definition) is 2. The number of anilines is 1. The molecule has 0 fully saturated rings. The summed E-state index contributed by atoms with van der Waals surface area (Å²) in [6, 6.07) is 6.67.